The first-order valence-electron chi connectivity index (χ1n) is 4.78. The molecule has 12 heavy (non-hydrogen) atoms. The van der Waals surface area contributed by atoms with E-state index in [0.717, 1.165) is 25.0 Å². The quantitative estimate of drug-likeness (QED) is 0.517. The van der Waals surface area contributed by atoms with E-state index >= 15 is 0 Å². The van der Waals surface area contributed by atoms with Crippen molar-refractivity contribution in [2.45, 2.75) is 25.7 Å². The van der Waals surface area contributed by atoms with E-state index < -0.39 is 0 Å². The average Bonchev–Trinajstić information content (AvgIpc) is 2.65. The van der Waals surface area contributed by atoms with Crippen LogP contribution in [0.3, 0.4) is 0 Å². The molecule has 2 nitrogen and oxygen atoms in total. The van der Waals surface area contributed by atoms with Gasteiger partial charge in [-0.3, -0.25) is 0 Å². The molecule has 2 saturated carbocycles. The second-order valence-electron chi connectivity index (χ2n) is 4.51. The summed E-state index contributed by atoms with van der Waals surface area (Å²) in [6.45, 7) is 2.03. The Balaban J connectivity index is 1.81. The molecular formula is C9H14IO2-. The summed E-state index contributed by atoms with van der Waals surface area (Å²) in [6.07, 6.45) is 5.77. The zero-order chi connectivity index (χ0) is 8.02. The third-order valence-corrected chi connectivity index (χ3v) is 5.01. The van der Waals surface area contributed by atoms with Crippen LogP contribution in [0.4, 0.5) is 0 Å². The predicted octanol–water partition coefficient (Wildman–Crippen LogP) is -1.24. The average molecular weight is 281 g/mol. The van der Waals surface area contributed by atoms with Crippen LogP contribution in [0.25, 0.3) is 0 Å². The molecular weight excluding hydrogens is 267 g/mol. The molecule has 1 aliphatic heterocycles. The van der Waals surface area contributed by atoms with Crippen LogP contribution in [0, 0.1) is 17.3 Å². The second-order valence-corrected chi connectivity index (χ2v) is 6.12. The first-order valence-corrected chi connectivity index (χ1v) is 6.54. The van der Waals surface area contributed by atoms with Crippen LogP contribution in [0.5, 0.6) is 0 Å². The van der Waals surface area contributed by atoms with Gasteiger partial charge in [-0.25, -0.2) is 0 Å². The molecule has 0 radical (unpaired) electrons. The molecule has 3 aliphatic rings. The van der Waals surface area contributed by atoms with E-state index in [1.165, 1.54) is 25.7 Å². The Hall–Kier alpha value is 0.650. The molecule has 3 fully saturated rings. The van der Waals surface area contributed by atoms with Crippen LogP contribution >= 0.6 is 0 Å². The van der Waals surface area contributed by atoms with Gasteiger partial charge in [0.1, 0.15) is 0 Å². The molecule has 0 aromatic rings. The van der Waals surface area contributed by atoms with Gasteiger partial charge in [-0.1, -0.05) is 0 Å². The summed E-state index contributed by atoms with van der Waals surface area (Å²) >= 11 is -0.339. The Morgan fingerprint density at radius 2 is 2.00 bits per heavy atom. The van der Waals surface area contributed by atoms with Gasteiger partial charge in [0.15, 0.2) is 0 Å². The first-order chi connectivity index (χ1) is 5.89. The normalized spacial score (nSPS) is 44.7. The molecule has 2 unspecified atom stereocenters. The van der Waals surface area contributed by atoms with Gasteiger partial charge in [0.2, 0.25) is 0 Å². The Kier molecular flexibility index (Phi) is 1.88. The van der Waals surface area contributed by atoms with Crippen molar-refractivity contribution in [1.82, 2.24) is 0 Å². The Morgan fingerprint density at radius 1 is 1.17 bits per heavy atom. The van der Waals surface area contributed by atoms with Gasteiger partial charge in [0.25, 0.3) is 0 Å². The van der Waals surface area contributed by atoms with E-state index in [-0.39, 0.29) is 22.0 Å². The Bertz CT molecular complexity index is 189. The van der Waals surface area contributed by atoms with E-state index in [4.69, 9.17) is 6.13 Å². The van der Waals surface area contributed by atoms with Crippen molar-refractivity contribution in [2.75, 3.05) is 13.2 Å². The number of hydrogen-bond donors (Lipinski definition) is 0. The molecule has 2 aliphatic carbocycles. The molecule has 0 N–H and O–H groups in total. The molecule has 3 heteroatoms. The molecule has 1 heterocycles. The van der Waals surface area contributed by atoms with Gasteiger partial charge < -0.3 is 0 Å². The summed E-state index contributed by atoms with van der Waals surface area (Å²) in [5.41, 5.74) is 0.473. The predicted molar refractivity (Wildman–Crippen MR) is 39.8 cm³/mol. The monoisotopic (exact) mass is 281 g/mol. The summed E-state index contributed by atoms with van der Waals surface area (Å²) in [5.74, 6) is 1.95. The van der Waals surface area contributed by atoms with Crippen molar-refractivity contribution < 1.29 is 28.2 Å². The van der Waals surface area contributed by atoms with Crippen LogP contribution in [-0.4, -0.2) is 13.2 Å². The zero-order valence-electron chi connectivity index (χ0n) is 7.09. The standard InChI is InChI=1S/C9H14IO2/c1-2-8-3-7(1)4-9(8)5-11-10-12-6-9/h7-8H,1-6H2/q-1. The maximum atomic E-state index is 5.55. The van der Waals surface area contributed by atoms with Crippen molar-refractivity contribution in [1.29, 1.82) is 0 Å². The summed E-state index contributed by atoms with van der Waals surface area (Å²) in [6, 6.07) is 0. The summed E-state index contributed by atoms with van der Waals surface area (Å²) in [5, 5.41) is 0. The first kappa shape index (κ1) is 8.00. The Morgan fingerprint density at radius 3 is 2.58 bits per heavy atom. The molecule has 0 amide bonds. The van der Waals surface area contributed by atoms with Gasteiger partial charge >= 0.3 is 84.3 Å². The van der Waals surface area contributed by atoms with Crippen LogP contribution in [0.1, 0.15) is 25.7 Å². The summed E-state index contributed by atoms with van der Waals surface area (Å²) in [4.78, 5) is 0. The zero-order valence-corrected chi connectivity index (χ0v) is 9.25. The number of fused-ring (bicyclic) bond motifs is 3. The van der Waals surface area contributed by atoms with E-state index in [1.54, 1.807) is 0 Å². The van der Waals surface area contributed by atoms with Gasteiger partial charge in [-0.15, -0.1) is 0 Å². The SMILES string of the molecule is C1CC2CC1CC21CO[I-]OC1. The fourth-order valence-corrected chi connectivity index (χ4v) is 4.92. The summed E-state index contributed by atoms with van der Waals surface area (Å²) < 4.78 is 11.1. The molecule has 2 bridgehead atoms. The molecule has 0 aromatic heterocycles. The third kappa shape index (κ3) is 1.06. The molecule has 1 saturated heterocycles. The van der Waals surface area contributed by atoms with Crippen LogP contribution in [-0.2, 0) is 6.13 Å². The van der Waals surface area contributed by atoms with Gasteiger partial charge in [-0.05, 0) is 0 Å². The second kappa shape index (κ2) is 2.82. The fourth-order valence-electron chi connectivity index (χ4n) is 3.25. The Labute approximate surface area is 84.4 Å². The van der Waals surface area contributed by atoms with Gasteiger partial charge in [0.05, 0.1) is 0 Å². The van der Waals surface area contributed by atoms with Crippen molar-refractivity contribution in [3.8, 4) is 0 Å². The topological polar surface area (TPSA) is 18.5 Å². The van der Waals surface area contributed by atoms with Gasteiger partial charge in [0, 0.05) is 0 Å². The van der Waals surface area contributed by atoms with Crippen LogP contribution in [0.2, 0.25) is 0 Å². The molecule has 3 rings (SSSR count). The minimum atomic E-state index is -0.339. The molecule has 0 aromatic carbocycles. The van der Waals surface area contributed by atoms with Crippen molar-refractivity contribution in [3.05, 3.63) is 0 Å². The number of hydrogen-bond acceptors (Lipinski definition) is 2. The van der Waals surface area contributed by atoms with E-state index in [1.807, 2.05) is 0 Å². The minimum absolute atomic E-state index is 0.339. The molecule has 2 atom stereocenters. The van der Waals surface area contributed by atoms with Crippen molar-refractivity contribution >= 4 is 0 Å². The van der Waals surface area contributed by atoms with Crippen molar-refractivity contribution in [3.63, 3.8) is 0 Å². The number of rotatable bonds is 0. The summed E-state index contributed by atoms with van der Waals surface area (Å²) in [7, 11) is 0. The fraction of sp³-hybridized carbons (Fsp3) is 1.00. The van der Waals surface area contributed by atoms with E-state index in [2.05, 4.69) is 0 Å². The third-order valence-electron chi connectivity index (χ3n) is 3.88. The molecule has 1 spiro atoms. The van der Waals surface area contributed by atoms with E-state index in [0.29, 0.717) is 5.41 Å². The van der Waals surface area contributed by atoms with Gasteiger partial charge in [-0.2, -0.15) is 0 Å². The molecule has 70 valence electrons. The van der Waals surface area contributed by atoms with Crippen molar-refractivity contribution in [2.24, 2.45) is 17.3 Å². The number of halogens is 1. The van der Waals surface area contributed by atoms with Crippen LogP contribution in [0.15, 0.2) is 0 Å². The van der Waals surface area contributed by atoms with E-state index in [9.17, 15) is 0 Å². The van der Waals surface area contributed by atoms with Crippen LogP contribution < -0.4 is 22.0 Å². The maximum absolute atomic E-state index is 5.55.